The van der Waals surface area contributed by atoms with Crippen molar-refractivity contribution in [3.63, 3.8) is 0 Å². The minimum absolute atomic E-state index is 0. The summed E-state index contributed by atoms with van der Waals surface area (Å²) in [5.41, 5.74) is 7.59. The Morgan fingerprint density at radius 3 is 2.50 bits per heavy atom. The van der Waals surface area contributed by atoms with Gasteiger partial charge in [0.25, 0.3) is 0 Å². The Morgan fingerprint density at radius 1 is 1.25 bits per heavy atom. The molecule has 1 atom stereocenters. The van der Waals surface area contributed by atoms with Gasteiger partial charge in [-0.2, -0.15) is 0 Å². The second-order valence-electron chi connectivity index (χ2n) is 5.40. The second kappa shape index (κ2) is 9.15. The topological polar surface area (TPSA) is 75.8 Å². The number of nitrogens with zero attached hydrogens (tertiary/aromatic N) is 1. The fourth-order valence-corrected chi connectivity index (χ4v) is 2.50. The molecule has 0 radical (unpaired) electrons. The van der Waals surface area contributed by atoms with Crippen LogP contribution in [0.2, 0.25) is 0 Å². The highest BCUT2D eigenvalue weighted by molar-refractivity contribution is 5.85. The van der Waals surface area contributed by atoms with Gasteiger partial charge in [0.15, 0.2) is 11.5 Å². The number of hydrogen-bond acceptors (Lipinski definition) is 4. The molecule has 0 aliphatic carbocycles. The predicted octanol–water partition coefficient (Wildman–Crippen LogP) is 2.52. The molecular weight excluding hydrogens is 328 g/mol. The number of carbonyl (C=O) groups is 1. The molecule has 0 bridgehead atoms. The minimum atomic E-state index is -0.361. The number of rotatable bonds is 6. The summed E-state index contributed by atoms with van der Waals surface area (Å²) in [6.07, 6.45) is 0. The SMILES string of the molecule is COc1cc(CN(C)C(=O)C(CN)c2ccccc2)ccc1O.Cl. The number of benzene rings is 2. The Balaban J connectivity index is 0.00000288. The van der Waals surface area contributed by atoms with Crippen LogP contribution in [0.5, 0.6) is 11.5 Å². The highest BCUT2D eigenvalue weighted by atomic mass is 35.5. The molecular formula is C18H23ClN2O3. The summed E-state index contributed by atoms with van der Waals surface area (Å²) in [6, 6.07) is 14.6. The lowest BCUT2D eigenvalue weighted by Gasteiger charge is -2.23. The van der Waals surface area contributed by atoms with Crippen molar-refractivity contribution < 1.29 is 14.6 Å². The lowest BCUT2D eigenvalue weighted by atomic mass is 9.97. The first kappa shape index (κ1) is 19.8. The zero-order chi connectivity index (χ0) is 16.8. The number of phenols is 1. The molecule has 1 unspecified atom stereocenters. The third kappa shape index (κ3) is 4.63. The average molecular weight is 351 g/mol. The monoisotopic (exact) mass is 350 g/mol. The van der Waals surface area contributed by atoms with Crippen LogP contribution in [0.3, 0.4) is 0 Å². The maximum atomic E-state index is 12.7. The van der Waals surface area contributed by atoms with Crippen molar-refractivity contribution in [2.45, 2.75) is 12.5 Å². The van der Waals surface area contributed by atoms with Gasteiger partial charge in [0, 0.05) is 20.1 Å². The minimum Gasteiger partial charge on any atom is -0.504 e. The molecule has 130 valence electrons. The van der Waals surface area contributed by atoms with Gasteiger partial charge in [-0.05, 0) is 23.3 Å². The summed E-state index contributed by atoms with van der Waals surface area (Å²) < 4.78 is 5.09. The van der Waals surface area contributed by atoms with Crippen molar-refractivity contribution in [1.82, 2.24) is 4.90 Å². The van der Waals surface area contributed by atoms with E-state index in [1.807, 2.05) is 30.3 Å². The second-order valence-corrected chi connectivity index (χ2v) is 5.40. The maximum absolute atomic E-state index is 12.7. The van der Waals surface area contributed by atoms with Crippen molar-refractivity contribution in [3.05, 3.63) is 59.7 Å². The van der Waals surface area contributed by atoms with E-state index >= 15 is 0 Å². The first-order valence-corrected chi connectivity index (χ1v) is 7.42. The number of nitrogens with two attached hydrogens (primary N) is 1. The van der Waals surface area contributed by atoms with E-state index in [0.29, 0.717) is 12.3 Å². The van der Waals surface area contributed by atoms with Crippen molar-refractivity contribution in [1.29, 1.82) is 0 Å². The molecule has 3 N–H and O–H groups in total. The number of methoxy groups -OCH3 is 1. The number of halogens is 1. The third-order valence-corrected chi connectivity index (χ3v) is 3.78. The van der Waals surface area contributed by atoms with E-state index in [1.54, 1.807) is 30.1 Å². The summed E-state index contributed by atoms with van der Waals surface area (Å²) >= 11 is 0. The Morgan fingerprint density at radius 2 is 1.92 bits per heavy atom. The highest BCUT2D eigenvalue weighted by Gasteiger charge is 2.22. The first-order chi connectivity index (χ1) is 11.1. The Kier molecular flexibility index (Phi) is 7.55. The predicted molar refractivity (Wildman–Crippen MR) is 96.6 cm³/mol. The molecule has 0 saturated carbocycles. The maximum Gasteiger partial charge on any atom is 0.231 e. The molecule has 0 spiro atoms. The van der Waals surface area contributed by atoms with Gasteiger partial charge >= 0.3 is 0 Å². The fraction of sp³-hybridized carbons (Fsp3) is 0.278. The summed E-state index contributed by atoms with van der Waals surface area (Å²) in [5, 5.41) is 9.63. The van der Waals surface area contributed by atoms with E-state index in [9.17, 15) is 9.90 Å². The smallest absolute Gasteiger partial charge is 0.231 e. The highest BCUT2D eigenvalue weighted by Crippen LogP contribution is 2.27. The number of ether oxygens (including phenoxy) is 1. The van der Waals surface area contributed by atoms with E-state index < -0.39 is 0 Å². The molecule has 2 aromatic carbocycles. The summed E-state index contributed by atoms with van der Waals surface area (Å²) in [4.78, 5) is 14.3. The molecule has 6 heteroatoms. The number of likely N-dealkylation sites (N-methyl/N-ethyl adjacent to an activating group) is 1. The third-order valence-electron chi connectivity index (χ3n) is 3.78. The largest absolute Gasteiger partial charge is 0.504 e. The van der Waals surface area contributed by atoms with Crippen molar-refractivity contribution in [3.8, 4) is 11.5 Å². The molecule has 0 heterocycles. The molecule has 2 aromatic rings. The van der Waals surface area contributed by atoms with Crippen molar-refractivity contribution in [2.24, 2.45) is 5.73 Å². The average Bonchev–Trinajstić information content (AvgIpc) is 2.58. The van der Waals surface area contributed by atoms with Gasteiger partial charge in [-0.15, -0.1) is 12.4 Å². The van der Waals surface area contributed by atoms with Crippen LogP contribution >= 0.6 is 12.4 Å². The van der Waals surface area contributed by atoms with E-state index in [2.05, 4.69) is 0 Å². The number of hydrogen-bond donors (Lipinski definition) is 2. The van der Waals surface area contributed by atoms with Gasteiger partial charge in [-0.25, -0.2) is 0 Å². The fourth-order valence-electron chi connectivity index (χ4n) is 2.50. The molecule has 0 fully saturated rings. The molecule has 5 nitrogen and oxygen atoms in total. The van der Waals surface area contributed by atoms with Crippen LogP contribution in [0.15, 0.2) is 48.5 Å². The first-order valence-electron chi connectivity index (χ1n) is 7.42. The Labute approximate surface area is 148 Å². The standard InChI is InChI=1S/C18H22N2O3.ClH/c1-20(12-13-8-9-16(21)17(10-13)23-2)18(22)15(11-19)14-6-4-3-5-7-14;/h3-10,15,21H,11-12,19H2,1-2H3;1H. The van der Waals surface area contributed by atoms with Crippen LogP contribution in [-0.2, 0) is 11.3 Å². The quantitative estimate of drug-likeness (QED) is 0.839. The summed E-state index contributed by atoms with van der Waals surface area (Å²) in [7, 11) is 3.24. The zero-order valence-electron chi connectivity index (χ0n) is 13.8. The Hall–Kier alpha value is -2.24. The summed E-state index contributed by atoms with van der Waals surface area (Å²) in [6.45, 7) is 0.672. The zero-order valence-corrected chi connectivity index (χ0v) is 14.6. The molecule has 0 aliphatic rings. The lowest BCUT2D eigenvalue weighted by Crippen LogP contribution is -2.34. The lowest BCUT2D eigenvalue weighted by molar-refractivity contribution is -0.131. The van der Waals surface area contributed by atoms with Crippen LogP contribution in [0.25, 0.3) is 0 Å². The van der Waals surface area contributed by atoms with E-state index in [0.717, 1.165) is 11.1 Å². The van der Waals surface area contributed by atoms with Crippen LogP contribution < -0.4 is 10.5 Å². The number of aromatic hydroxyl groups is 1. The van der Waals surface area contributed by atoms with Crippen molar-refractivity contribution >= 4 is 18.3 Å². The molecule has 0 aromatic heterocycles. The molecule has 1 amide bonds. The van der Waals surface area contributed by atoms with Gasteiger partial charge in [0.05, 0.1) is 13.0 Å². The van der Waals surface area contributed by atoms with Gasteiger partial charge < -0.3 is 20.5 Å². The molecule has 2 rings (SSSR count). The van der Waals surface area contributed by atoms with Crippen LogP contribution in [0.1, 0.15) is 17.0 Å². The van der Waals surface area contributed by atoms with Crippen molar-refractivity contribution in [2.75, 3.05) is 20.7 Å². The Bertz CT molecular complexity index is 665. The van der Waals surface area contributed by atoms with Crippen LogP contribution in [-0.4, -0.2) is 36.6 Å². The molecule has 24 heavy (non-hydrogen) atoms. The van der Waals surface area contributed by atoms with E-state index in [1.165, 1.54) is 7.11 Å². The molecule has 0 aliphatic heterocycles. The number of amides is 1. The van der Waals surface area contributed by atoms with Gasteiger partial charge in [-0.3, -0.25) is 4.79 Å². The van der Waals surface area contributed by atoms with E-state index in [-0.39, 0.29) is 36.5 Å². The van der Waals surface area contributed by atoms with Gasteiger partial charge in [0.2, 0.25) is 5.91 Å². The van der Waals surface area contributed by atoms with Crippen LogP contribution in [0, 0.1) is 0 Å². The number of carbonyl (C=O) groups excluding carboxylic acids is 1. The van der Waals surface area contributed by atoms with Gasteiger partial charge in [0.1, 0.15) is 0 Å². The van der Waals surface area contributed by atoms with Crippen LogP contribution in [0.4, 0.5) is 0 Å². The normalized spacial score (nSPS) is 11.3. The van der Waals surface area contributed by atoms with Gasteiger partial charge in [-0.1, -0.05) is 36.4 Å². The molecule has 0 saturated heterocycles. The van der Waals surface area contributed by atoms with E-state index in [4.69, 9.17) is 10.5 Å². The number of phenolic OH excluding ortho intramolecular Hbond substituents is 1. The summed E-state index contributed by atoms with van der Waals surface area (Å²) in [5.74, 6) is 0.0714.